The predicted molar refractivity (Wildman–Crippen MR) is 120 cm³/mol. The Morgan fingerprint density at radius 1 is 0.969 bits per heavy atom. The lowest BCUT2D eigenvalue weighted by molar-refractivity contribution is -0.142. The van der Waals surface area contributed by atoms with Gasteiger partial charge >= 0.3 is 11.9 Å². The number of esters is 2. The van der Waals surface area contributed by atoms with Crippen LogP contribution in [0.4, 0.5) is 0 Å². The van der Waals surface area contributed by atoms with E-state index in [1.807, 2.05) is 24.3 Å². The van der Waals surface area contributed by atoms with Crippen molar-refractivity contribution in [3.05, 3.63) is 77.5 Å². The third-order valence-corrected chi connectivity index (χ3v) is 4.65. The molecule has 0 aliphatic rings. The van der Waals surface area contributed by atoms with E-state index in [4.69, 9.17) is 9.47 Å². The standard InChI is InChI=1S/C25H26N2O5/c1-25(2,3)32-23(29)18-11-9-16(10-12-18)15-21(24(30)31-4)27-22(28)20-14-13-17-7-5-6-8-19(17)26-20/h5-14,21H,15H2,1-4H3,(H,27,28)/t21-/m1/s1. The fourth-order valence-corrected chi connectivity index (χ4v) is 3.11. The number of carbonyl (C=O) groups is 3. The molecule has 1 amide bonds. The highest BCUT2D eigenvalue weighted by Gasteiger charge is 2.24. The van der Waals surface area contributed by atoms with Gasteiger partial charge in [-0.25, -0.2) is 14.6 Å². The van der Waals surface area contributed by atoms with E-state index < -0.39 is 29.5 Å². The molecule has 0 unspecified atom stereocenters. The highest BCUT2D eigenvalue weighted by Crippen LogP contribution is 2.15. The zero-order chi connectivity index (χ0) is 23.3. The number of ether oxygens (including phenoxy) is 2. The van der Waals surface area contributed by atoms with Crippen molar-refractivity contribution in [3.8, 4) is 0 Å². The average molecular weight is 434 g/mol. The second-order valence-electron chi connectivity index (χ2n) is 8.34. The molecule has 166 valence electrons. The van der Waals surface area contributed by atoms with E-state index in [0.29, 0.717) is 11.1 Å². The zero-order valence-electron chi connectivity index (χ0n) is 18.5. The molecule has 7 heteroatoms. The number of fused-ring (bicyclic) bond motifs is 1. The van der Waals surface area contributed by atoms with E-state index in [1.165, 1.54) is 7.11 Å². The molecule has 0 radical (unpaired) electrons. The highest BCUT2D eigenvalue weighted by atomic mass is 16.6. The van der Waals surface area contributed by atoms with Crippen LogP contribution in [0, 0.1) is 0 Å². The van der Waals surface area contributed by atoms with Crippen molar-refractivity contribution in [2.75, 3.05) is 7.11 Å². The van der Waals surface area contributed by atoms with Gasteiger partial charge in [-0.2, -0.15) is 0 Å². The van der Waals surface area contributed by atoms with Crippen molar-refractivity contribution in [1.82, 2.24) is 10.3 Å². The number of carbonyl (C=O) groups excluding carboxylic acids is 3. The Balaban J connectivity index is 1.73. The molecule has 1 aromatic heterocycles. The largest absolute Gasteiger partial charge is 0.467 e. The van der Waals surface area contributed by atoms with Gasteiger partial charge in [0.05, 0.1) is 18.2 Å². The number of hydrogen-bond donors (Lipinski definition) is 1. The Hall–Kier alpha value is -3.74. The number of methoxy groups -OCH3 is 1. The normalized spacial score (nSPS) is 12.1. The Bertz CT molecular complexity index is 1130. The van der Waals surface area contributed by atoms with E-state index in [9.17, 15) is 14.4 Å². The van der Waals surface area contributed by atoms with Gasteiger partial charge < -0.3 is 14.8 Å². The number of benzene rings is 2. The molecule has 2 aromatic carbocycles. The van der Waals surface area contributed by atoms with Crippen LogP contribution in [0.3, 0.4) is 0 Å². The van der Waals surface area contributed by atoms with Crippen LogP contribution in [-0.2, 0) is 20.7 Å². The zero-order valence-corrected chi connectivity index (χ0v) is 18.5. The molecule has 0 spiro atoms. The van der Waals surface area contributed by atoms with Crippen molar-refractivity contribution in [2.24, 2.45) is 0 Å². The Labute approximate surface area is 186 Å². The van der Waals surface area contributed by atoms with Crippen LogP contribution in [0.1, 0.15) is 47.2 Å². The molecular formula is C25H26N2O5. The molecule has 0 saturated heterocycles. The van der Waals surface area contributed by atoms with Crippen LogP contribution in [0.2, 0.25) is 0 Å². The highest BCUT2D eigenvalue weighted by molar-refractivity contribution is 5.97. The SMILES string of the molecule is COC(=O)[C@@H](Cc1ccc(C(=O)OC(C)(C)C)cc1)NC(=O)c1ccc2ccccc2n1. The van der Waals surface area contributed by atoms with Gasteiger partial charge in [0.1, 0.15) is 17.3 Å². The first-order chi connectivity index (χ1) is 15.2. The van der Waals surface area contributed by atoms with Gasteiger partial charge in [-0.05, 0) is 50.6 Å². The first-order valence-electron chi connectivity index (χ1n) is 10.2. The first-order valence-corrected chi connectivity index (χ1v) is 10.2. The van der Waals surface area contributed by atoms with Crippen molar-refractivity contribution in [3.63, 3.8) is 0 Å². The molecule has 1 heterocycles. The molecule has 3 aromatic rings. The average Bonchev–Trinajstić information content (AvgIpc) is 2.77. The molecule has 0 aliphatic carbocycles. The van der Waals surface area contributed by atoms with Crippen LogP contribution in [0.25, 0.3) is 10.9 Å². The molecule has 0 fully saturated rings. The van der Waals surface area contributed by atoms with Gasteiger partial charge in [0.2, 0.25) is 0 Å². The van der Waals surface area contributed by atoms with E-state index in [1.54, 1.807) is 57.2 Å². The Morgan fingerprint density at radius 2 is 1.66 bits per heavy atom. The van der Waals surface area contributed by atoms with Crippen LogP contribution in [0.15, 0.2) is 60.7 Å². The summed E-state index contributed by atoms with van der Waals surface area (Å²) >= 11 is 0. The van der Waals surface area contributed by atoms with Crippen LogP contribution in [0.5, 0.6) is 0 Å². The van der Waals surface area contributed by atoms with Crippen molar-refractivity contribution in [1.29, 1.82) is 0 Å². The topological polar surface area (TPSA) is 94.6 Å². The molecule has 1 N–H and O–H groups in total. The first kappa shape index (κ1) is 22.9. The molecule has 3 rings (SSSR count). The van der Waals surface area contributed by atoms with Crippen molar-refractivity contribution >= 4 is 28.7 Å². The molecule has 7 nitrogen and oxygen atoms in total. The number of nitrogens with zero attached hydrogens (tertiary/aromatic N) is 1. The number of pyridine rings is 1. The summed E-state index contributed by atoms with van der Waals surface area (Å²) in [5.74, 6) is -1.48. The summed E-state index contributed by atoms with van der Waals surface area (Å²) in [7, 11) is 1.27. The maximum atomic E-state index is 12.7. The summed E-state index contributed by atoms with van der Waals surface area (Å²) in [5, 5.41) is 3.61. The van der Waals surface area contributed by atoms with Crippen LogP contribution >= 0.6 is 0 Å². The van der Waals surface area contributed by atoms with Gasteiger partial charge in [0.25, 0.3) is 5.91 Å². The molecule has 32 heavy (non-hydrogen) atoms. The fraction of sp³-hybridized carbons (Fsp3) is 0.280. The Morgan fingerprint density at radius 3 is 2.31 bits per heavy atom. The van der Waals surface area contributed by atoms with Gasteiger partial charge in [0.15, 0.2) is 0 Å². The lowest BCUT2D eigenvalue weighted by Crippen LogP contribution is -2.43. The molecule has 0 aliphatic heterocycles. The van der Waals surface area contributed by atoms with E-state index in [0.717, 1.165) is 10.9 Å². The van der Waals surface area contributed by atoms with Crippen LogP contribution in [-0.4, -0.2) is 41.6 Å². The summed E-state index contributed by atoms with van der Waals surface area (Å²) in [6.07, 6.45) is 0.195. The maximum Gasteiger partial charge on any atom is 0.338 e. The van der Waals surface area contributed by atoms with Crippen molar-refractivity contribution < 1.29 is 23.9 Å². The second kappa shape index (κ2) is 9.60. The third-order valence-electron chi connectivity index (χ3n) is 4.65. The monoisotopic (exact) mass is 434 g/mol. The quantitative estimate of drug-likeness (QED) is 0.595. The number of amides is 1. The number of nitrogens with one attached hydrogen (secondary N) is 1. The summed E-state index contributed by atoms with van der Waals surface area (Å²) in [4.78, 5) is 41.6. The molecule has 1 atom stereocenters. The molecular weight excluding hydrogens is 408 g/mol. The minimum Gasteiger partial charge on any atom is -0.467 e. The minimum absolute atomic E-state index is 0.195. The van der Waals surface area contributed by atoms with E-state index in [2.05, 4.69) is 10.3 Å². The summed E-state index contributed by atoms with van der Waals surface area (Å²) in [5.41, 5.74) is 1.46. The number of hydrogen-bond acceptors (Lipinski definition) is 6. The molecule has 0 saturated carbocycles. The maximum absolute atomic E-state index is 12.7. The van der Waals surface area contributed by atoms with Gasteiger partial charge in [-0.15, -0.1) is 0 Å². The predicted octanol–water partition coefficient (Wildman–Crippen LogP) is 3.70. The number of rotatable bonds is 6. The summed E-state index contributed by atoms with van der Waals surface area (Å²) in [6, 6.07) is 16.7. The fourth-order valence-electron chi connectivity index (χ4n) is 3.11. The smallest absolute Gasteiger partial charge is 0.338 e. The lowest BCUT2D eigenvalue weighted by atomic mass is 10.0. The number of aromatic nitrogens is 1. The third kappa shape index (κ3) is 5.91. The summed E-state index contributed by atoms with van der Waals surface area (Å²) < 4.78 is 10.2. The Kier molecular flexibility index (Phi) is 6.88. The summed E-state index contributed by atoms with van der Waals surface area (Å²) in [6.45, 7) is 5.40. The van der Waals surface area contributed by atoms with E-state index >= 15 is 0 Å². The number of para-hydroxylation sites is 1. The lowest BCUT2D eigenvalue weighted by Gasteiger charge is -2.19. The van der Waals surface area contributed by atoms with Gasteiger partial charge in [-0.3, -0.25) is 4.79 Å². The van der Waals surface area contributed by atoms with Gasteiger partial charge in [0, 0.05) is 11.8 Å². The second-order valence-corrected chi connectivity index (χ2v) is 8.34. The van der Waals surface area contributed by atoms with E-state index in [-0.39, 0.29) is 12.1 Å². The van der Waals surface area contributed by atoms with Gasteiger partial charge in [-0.1, -0.05) is 36.4 Å². The van der Waals surface area contributed by atoms with Crippen LogP contribution < -0.4 is 5.32 Å². The molecule has 0 bridgehead atoms. The van der Waals surface area contributed by atoms with Crippen molar-refractivity contribution in [2.45, 2.75) is 38.8 Å². The minimum atomic E-state index is -0.909.